The Morgan fingerprint density at radius 2 is 1.88 bits per heavy atom. The van der Waals surface area contributed by atoms with E-state index in [1.165, 1.54) is 5.56 Å². The third-order valence-corrected chi connectivity index (χ3v) is 3.30. The second kappa shape index (κ2) is 3.77. The van der Waals surface area contributed by atoms with Gasteiger partial charge in [-0.3, -0.25) is 0 Å². The van der Waals surface area contributed by atoms with E-state index in [4.69, 9.17) is 10.5 Å². The Balaban J connectivity index is 2.44. The van der Waals surface area contributed by atoms with E-state index in [-0.39, 0.29) is 17.6 Å². The maximum absolute atomic E-state index is 6.04. The fourth-order valence-corrected chi connectivity index (χ4v) is 2.61. The Morgan fingerprint density at radius 3 is 2.44 bits per heavy atom. The van der Waals surface area contributed by atoms with E-state index in [0.717, 1.165) is 5.75 Å². The molecule has 0 bridgehead atoms. The maximum Gasteiger partial charge on any atom is 0.123 e. The zero-order chi connectivity index (χ0) is 11.9. The molecular formula is C14H21NO. The first-order valence-electron chi connectivity index (χ1n) is 5.92. The topological polar surface area (TPSA) is 35.2 Å². The summed E-state index contributed by atoms with van der Waals surface area (Å²) in [7, 11) is 0. The Bertz CT molecular complexity index is 379. The standard InChI is InChI=1S/C14H21NO/c1-9(15)13-12(14(2,3)4)10-7-5-6-8-11(10)16-13/h5-9,12-13H,15H2,1-4H3. The molecule has 0 aliphatic carbocycles. The molecule has 0 spiro atoms. The summed E-state index contributed by atoms with van der Waals surface area (Å²) in [6, 6.07) is 8.34. The highest BCUT2D eigenvalue weighted by atomic mass is 16.5. The highest BCUT2D eigenvalue weighted by Crippen LogP contribution is 2.48. The lowest BCUT2D eigenvalue weighted by Crippen LogP contribution is -2.41. The fraction of sp³-hybridized carbons (Fsp3) is 0.571. The van der Waals surface area contributed by atoms with Gasteiger partial charge in [-0.15, -0.1) is 0 Å². The molecule has 3 atom stereocenters. The van der Waals surface area contributed by atoms with Crippen LogP contribution in [0.4, 0.5) is 0 Å². The van der Waals surface area contributed by atoms with Crippen LogP contribution in [-0.4, -0.2) is 12.1 Å². The number of hydrogen-bond donors (Lipinski definition) is 1. The van der Waals surface area contributed by atoms with Gasteiger partial charge in [0, 0.05) is 17.5 Å². The molecule has 3 unspecified atom stereocenters. The van der Waals surface area contributed by atoms with Crippen molar-refractivity contribution in [3.8, 4) is 5.75 Å². The lowest BCUT2D eigenvalue weighted by molar-refractivity contribution is 0.127. The molecule has 1 aromatic carbocycles. The van der Waals surface area contributed by atoms with Crippen molar-refractivity contribution in [3.63, 3.8) is 0 Å². The number of hydrogen-bond acceptors (Lipinski definition) is 2. The van der Waals surface area contributed by atoms with Crippen molar-refractivity contribution in [2.75, 3.05) is 0 Å². The highest BCUT2D eigenvalue weighted by Gasteiger charge is 2.43. The first kappa shape index (κ1) is 11.5. The molecule has 1 heterocycles. The van der Waals surface area contributed by atoms with Gasteiger partial charge >= 0.3 is 0 Å². The van der Waals surface area contributed by atoms with E-state index < -0.39 is 0 Å². The van der Waals surface area contributed by atoms with Gasteiger partial charge in [-0.1, -0.05) is 39.0 Å². The van der Waals surface area contributed by atoms with Crippen molar-refractivity contribution in [1.29, 1.82) is 0 Å². The first-order valence-corrected chi connectivity index (χ1v) is 5.92. The lowest BCUT2D eigenvalue weighted by atomic mass is 9.73. The van der Waals surface area contributed by atoms with Gasteiger partial charge in [-0.25, -0.2) is 0 Å². The van der Waals surface area contributed by atoms with E-state index in [1.807, 2.05) is 19.1 Å². The van der Waals surface area contributed by atoms with Gasteiger partial charge in [0.15, 0.2) is 0 Å². The predicted molar refractivity (Wildman–Crippen MR) is 66.7 cm³/mol. The van der Waals surface area contributed by atoms with Crippen molar-refractivity contribution in [3.05, 3.63) is 29.8 Å². The monoisotopic (exact) mass is 219 g/mol. The number of ether oxygens (including phenoxy) is 1. The van der Waals surface area contributed by atoms with Crippen LogP contribution in [0.2, 0.25) is 0 Å². The number of nitrogens with two attached hydrogens (primary N) is 1. The van der Waals surface area contributed by atoms with E-state index in [9.17, 15) is 0 Å². The summed E-state index contributed by atoms with van der Waals surface area (Å²) >= 11 is 0. The largest absolute Gasteiger partial charge is 0.488 e. The van der Waals surface area contributed by atoms with Crippen molar-refractivity contribution >= 4 is 0 Å². The smallest absolute Gasteiger partial charge is 0.123 e. The van der Waals surface area contributed by atoms with Gasteiger partial charge in [-0.2, -0.15) is 0 Å². The molecule has 1 aliphatic heterocycles. The zero-order valence-electron chi connectivity index (χ0n) is 10.5. The van der Waals surface area contributed by atoms with E-state index in [2.05, 4.69) is 32.9 Å². The predicted octanol–water partition coefficient (Wildman–Crippen LogP) is 2.92. The summed E-state index contributed by atoms with van der Waals surface area (Å²) in [5, 5.41) is 0. The summed E-state index contributed by atoms with van der Waals surface area (Å²) in [5.41, 5.74) is 7.51. The molecule has 2 nitrogen and oxygen atoms in total. The Labute approximate surface area is 97.8 Å². The number of rotatable bonds is 1. The molecule has 16 heavy (non-hydrogen) atoms. The van der Waals surface area contributed by atoms with E-state index in [0.29, 0.717) is 5.92 Å². The number of fused-ring (bicyclic) bond motifs is 1. The molecule has 0 saturated carbocycles. The zero-order valence-corrected chi connectivity index (χ0v) is 10.5. The Kier molecular flexibility index (Phi) is 2.70. The molecule has 0 radical (unpaired) electrons. The normalized spacial score (nSPS) is 26.1. The van der Waals surface area contributed by atoms with Gasteiger partial charge in [0.2, 0.25) is 0 Å². The SMILES string of the molecule is CC(N)C1Oc2ccccc2C1C(C)(C)C. The van der Waals surface area contributed by atoms with Gasteiger partial charge in [-0.05, 0) is 18.4 Å². The van der Waals surface area contributed by atoms with Crippen LogP contribution >= 0.6 is 0 Å². The highest BCUT2D eigenvalue weighted by molar-refractivity contribution is 5.42. The molecule has 2 N–H and O–H groups in total. The minimum Gasteiger partial charge on any atom is -0.488 e. The summed E-state index contributed by atoms with van der Waals surface area (Å²) in [5.74, 6) is 1.38. The van der Waals surface area contributed by atoms with Crippen molar-refractivity contribution in [1.82, 2.24) is 0 Å². The molecule has 0 saturated heterocycles. The fourth-order valence-electron chi connectivity index (χ4n) is 2.61. The van der Waals surface area contributed by atoms with Crippen LogP contribution in [0.1, 0.15) is 39.2 Å². The summed E-state index contributed by atoms with van der Waals surface area (Å²) < 4.78 is 5.98. The second-order valence-electron chi connectivity index (χ2n) is 5.82. The van der Waals surface area contributed by atoms with Crippen molar-refractivity contribution in [2.24, 2.45) is 11.1 Å². The molecule has 0 amide bonds. The van der Waals surface area contributed by atoms with E-state index >= 15 is 0 Å². The number of para-hydroxylation sites is 1. The minimum absolute atomic E-state index is 0.0524. The summed E-state index contributed by atoms with van der Waals surface area (Å²) in [4.78, 5) is 0. The van der Waals surface area contributed by atoms with Crippen LogP contribution in [0.25, 0.3) is 0 Å². The molecule has 1 aliphatic rings. The van der Waals surface area contributed by atoms with Crippen LogP contribution in [0.5, 0.6) is 5.75 Å². The third-order valence-electron chi connectivity index (χ3n) is 3.30. The second-order valence-corrected chi connectivity index (χ2v) is 5.82. The lowest BCUT2D eigenvalue weighted by Gasteiger charge is -2.33. The first-order chi connectivity index (χ1) is 7.41. The van der Waals surface area contributed by atoms with Crippen molar-refractivity contribution < 1.29 is 4.74 Å². The Hall–Kier alpha value is -1.02. The minimum atomic E-state index is 0.0524. The van der Waals surface area contributed by atoms with Crippen LogP contribution in [-0.2, 0) is 0 Å². The summed E-state index contributed by atoms with van der Waals surface area (Å²) in [6.45, 7) is 8.77. The quantitative estimate of drug-likeness (QED) is 0.788. The van der Waals surface area contributed by atoms with Crippen LogP contribution in [0, 0.1) is 5.41 Å². The number of benzene rings is 1. The van der Waals surface area contributed by atoms with Crippen LogP contribution in [0.15, 0.2) is 24.3 Å². The van der Waals surface area contributed by atoms with Gasteiger partial charge in [0.05, 0.1) is 0 Å². The van der Waals surface area contributed by atoms with Gasteiger partial charge < -0.3 is 10.5 Å². The molecule has 2 rings (SSSR count). The molecule has 0 aromatic heterocycles. The van der Waals surface area contributed by atoms with Crippen molar-refractivity contribution in [2.45, 2.75) is 45.8 Å². The molecule has 1 aromatic rings. The molecule has 88 valence electrons. The summed E-state index contributed by atoms with van der Waals surface area (Å²) in [6.07, 6.45) is 0.0948. The third kappa shape index (κ3) is 1.82. The molecule has 0 fully saturated rings. The van der Waals surface area contributed by atoms with E-state index in [1.54, 1.807) is 0 Å². The van der Waals surface area contributed by atoms with Gasteiger partial charge in [0.25, 0.3) is 0 Å². The Morgan fingerprint density at radius 1 is 1.25 bits per heavy atom. The molecular weight excluding hydrogens is 198 g/mol. The average Bonchev–Trinajstić information content (AvgIpc) is 2.55. The molecule has 2 heteroatoms. The average molecular weight is 219 g/mol. The van der Waals surface area contributed by atoms with Crippen LogP contribution in [0.3, 0.4) is 0 Å². The maximum atomic E-state index is 6.04. The van der Waals surface area contributed by atoms with Gasteiger partial charge in [0.1, 0.15) is 11.9 Å². The van der Waals surface area contributed by atoms with Crippen LogP contribution < -0.4 is 10.5 Å².